The predicted molar refractivity (Wildman–Crippen MR) is 64.8 cm³/mol. The van der Waals surface area contributed by atoms with Gasteiger partial charge in [0.15, 0.2) is 0 Å². The number of carbonyl (C=O) groups is 1. The van der Waals surface area contributed by atoms with Crippen molar-refractivity contribution in [1.82, 2.24) is 9.97 Å². The minimum Gasteiger partial charge on any atom is -0.462 e. The van der Waals surface area contributed by atoms with E-state index in [2.05, 4.69) is 25.9 Å². The molecule has 0 atom stereocenters. The van der Waals surface area contributed by atoms with Gasteiger partial charge in [-0.1, -0.05) is 15.9 Å². The van der Waals surface area contributed by atoms with Crippen molar-refractivity contribution in [3.05, 3.63) is 27.5 Å². The number of ether oxygens (including phenoxy) is 1. The first-order valence-corrected chi connectivity index (χ1v) is 5.80. The van der Waals surface area contributed by atoms with Gasteiger partial charge in [-0.05, 0) is 30.7 Å². The SMILES string of the molecule is CCOC(=O)c1cc(Br)cc2[nH]c(Cl)nc12. The van der Waals surface area contributed by atoms with E-state index < -0.39 is 5.97 Å². The van der Waals surface area contributed by atoms with Crippen LogP contribution in [0.1, 0.15) is 17.3 Å². The molecule has 0 aliphatic rings. The molecule has 1 N–H and O–H groups in total. The Morgan fingerprint density at radius 1 is 1.62 bits per heavy atom. The van der Waals surface area contributed by atoms with Crippen LogP contribution in [0.15, 0.2) is 16.6 Å². The van der Waals surface area contributed by atoms with Crippen LogP contribution in [-0.4, -0.2) is 22.5 Å². The Morgan fingerprint density at radius 3 is 3.06 bits per heavy atom. The topological polar surface area (TPSA) is 55.0 Å². The van der Waals surface area contributed by atoms with Gasteiger partial charge >= 0.3 is 5.97 Å². The predicted octanol–water partition coefficient (Wildman–Crippen LogP) is 3.16. The molecule has 0 aliphatic heterocycles. The van der Waals surface area contributed by atoms with Crippen LogP contribution < -0.4 is 0 Å². The van der Waals surface area contributed by atoms with Gasteiger partial charge in [-0.15, -0.1) is 0 Å². The summed E-state index contributed by atoms with van der Waals surface area (Å²) in [5, 5.41) is 0.249. The lowest BCUT2D eigenvalue weighted by Gasteiger charge is -2.02. The average molecular weight is 304 g/mol. The molecule has 0 spiro atoms. The molecular formula is C10H8BrClN2O2. The quantitative estimate of drug-likeness (QED) is 0.867. The molecule has 2 rings (SSSR count). The second-order valence-corrected chi connectivity index (χ2v) is 4.37. The summed E-state index contributed by atoms with van der Waals surface area (Å²) in [5.74, 6) is -0.406. The van der Waals surface area contributed by atoms with Crippen LogP contribution in [0.5, 0.6) is 0 Å². The summed E-state index contributed by atoms with van der Waals surface area (Å²) >= 11 is 9.07. The third kappa shape index (κ3) is 2.05. The van der Waals surface area contributed by atoms with Crippen LogP contribution >= 0.6 is 27.5 Å². The van der Waals surface area contributed by atoms with Gasteiger partial charge in [-0.2, -0.15) is 0 Å². The van der Waals surface area contributed by atoms with Crippen LogP contribution in [0.4, 0.5) is 0 Å². The number of carbonyl (C=O) groups excluding carboxylic acids is 1. The Morgan fingerprint density at radius 2 is 2.38 bits per heavy atom. The lowest BCUT2D eigenvalue weighted by atomic mass is 10.2. The zero-order valence-corrected chi connectivity index (χ0v) is 10.7. The number of aromatic nitrogens is 2. The largest absolute Gasteiger partial charge is 0.462 e. The Balaban J connectivity index is 2.62. The first-order valence-electron chi connectivity index (χ1n) is 4.63. The summed E-state index contributed by atoms with van der Waals surface area (Å²) in [7, 11) is 0. The van der Waals surface area contributed by atoms with E-state index in [4.69, 9.17) is 16.3 Å². The molecule has 16 heavy (non-hydrogen) atoms. The van der Waals surface area contributed by atoms with Crippen LogP contribution in [-0.2, 0) is 4.74 Å². The highest BCUT2D eigenvalue weighted by Gasteiger charge is 2.15. The van der Waals surface area contributed by atoms with E-state index in [1.807, 2.05) is 0 Å². The number of benzene rings is 1. The molecule has 6 heteroatoms. The maximum atomic E-state index is 11.7. The van der Waals surface area contributed by atoms with Crippen LogP contribution in [0.3, 0.4) is 0 Å². The van der Waals surface area contributed by atoms with Crippen molar-refractivity contribution in [2.75, 3.05) is 6.61 Å². The Labute approximate surface area is 105 Å². The highest BCUT2D eigenvalue weighted by Crippen LogP contribution is 2.24. The fourth-order valence-corrected chi connectivity index (χ4v) is 2.06. The molecule has 0 radical (unpaired) electrons. The molecule has 84 valence electrons. The van der Waals surface area contributed by atoms with Crippen molar-refractivity contribution in [1.29, 1.82) is 0 Å². The molecule has 0 saturated heterocycles. The molecule has 0 fully saturated rings. The van der Waals surface area contributed by atoms with Crippen molar-refractivity contribution < 1.29 is 9.53 Å². The molecule has 0 aliphatic carbocycles. The standard InChI is InChI=1S/C10H8BrClN2O2/c1-2-16-9(15)6-3-5(11)4-7-8(6)14-10(12)13-7/h3-4H,2H2,1H3,(H,13,14). The number of rotatable bonds is 2. The fraction of sp³-hybridized carbons (Fsp3) is 0.200. The molecule has 4 nitrogen and oxygen atoms in total. The van der Waals surface area contributed by atoms with Gasteiger partial charge in [0.05, 0.1) is 17.7 Å². The van der Waals surface area contributed by atoms with E-state index in [-0.39, 0.29) is 5.28 Å². The number of fused-ring (bicyclic) bond motifs is 1. The molecular weight excluding hydrogens is 295 g/mol. The van der Waals surface area contributed by atoms with E-state index in [1.54, 1.807) is 19.1 Å². The van der Waals surface area contributed by atoms with E-state index >= 15 is 0 Å². The number of nitrogens with one attached hydrogen (secondary N) is 1. The molecule has 1 heterocycles. The van der Waals surface area contributed by atoms with Crippen LogP contribution in [0, 0.1) is 0 Å². The molecule has 0 bridgehead atoms. The Kier molecular flexibility index (Phi) is 3.16. The fourth-order valence-electron chi connectivity index (χ4n) is 1.42. The van der Waals surface area contributed by atoms with Crippen molar-refractivity contribution in [2.45, 2.75) is 6.92 Å². The monoisotopic (exact) mass is 302 g/mol. The summed E-state index contributed by atoms with van der Waals surface area (Å²) in [6.07, 6.45) is 0. The third-order valence-electron chi connectivity index (χ3n) is 2.02. The van der Waals surface area contributed by atoms with Crippen molar-refractivity contribution in [3.63, 3.8) is 0 Å². The third-order valence-corrected chi connectivity index (χ3v) is 2.65. The smallest absolute Gasteiger partial charge is 0.340 e. The van der Waals surface area contributed by atoms with Crippen molar-refractivity contribution in [2.24, 2.45) is 0 Å². The molecule has 2 aromatic rings. The highest BCUT2D eigenvalue weighted by molar-refractivity contribution is 9.10. The second-order valence-electron chi connectivity index (χ2n) is 3.10. The minimum atomic E-state index is -0.406. The van der Waals surface area contributed by atoms with E-state index in [1.165, 1.54) is 0 Å². The summed E-state index contributed by atoms with van der Waals surface area (Å²) in [4.78, 5) is 18.6. The van der Waals surface area contributed by atoms with Gasteiger partial charge in [0.2, 0.25) is 5.28 Å². The van der Waals surface area contributed by atoms with E-state index in [0.717, 1.165) is 4.47 Å². The number of halogens is 2. The average Bonchev–Trinajstić information content (AvgIpc) is 2.57. The zero-order valence-electron chi connectivity index (χ0n) is 8.38. The van der Waals surface area contributed by atoms with Gasteiger partial charge in [-0.3, -0.25) is 0 Å². The maximum Gasteiger partial charge on any atom is 0.340 e. The normalized spacial score (nSPS) is 10.7. The maximum absolute atomic E-state index is 11.7. The Bertz CT molecular complexity index is 553. The zero-order chi connectivity index (χ0) is 11.7. The van der Waals surface area contributed by atoms with Crippen molar-refractivity contribution in [3.8, 4) is 0 Å². The van der Waals surface area contributed by atoms with E-state index in [0.29, 0.717) is 23.2 Å². The Hall–Kier alpha value is -1.07. The number of imidazole rings is 1. The van der Waals surface area contributed by atoms with E-state index in [9.17, 15) is 4.79 Å². The number of aromatic amines is 1. The lowest BCUT2D eigenvalue weighted by molar-refractivity contribution is 0.0528. The minimum absolute atomic E-state index is 0.249. The molecule has 0 saturated carbocycles. The summed E-state index contributed by atoms with van der Waals surface area (Å²) in [6.45, 7) is 2.08. The number of hydrogen-bond donors (Lipinski definition) is 1. The van der Waals surface area contributed by atoms with Gasteiger partial charge < -0.3 is 9.72 Å². The van der Waals surface area contributed by atoms with Crippen LogP contribution in [0.25, 0.3) is 11.0 Å². The second kappa shape index (κ2) is 4.43. The van der Waals surface area contributed by atoms with Gasteiger partial charge in [0, 0.05) is 4.47 Å². The van der Waals surface area contributed by atoms with Crippen molar-refractivity contribution >= 4 is 44.5 Å². The first kappa shape index (κ1) is 11.4. The number of esters is 1. The van der Waals surface area contributed by atoms with Crippen LogP contribution in [0.2, 0.25) is 5.28 Å². The summed E-state index contributed by atoms with van der Waals surface area (Å²) < 4.78 is 5.71. The molecule has 0 unspecified atom stereocenters. The van der Waals surface area contributed by atoms with Gasteiger partial charge in [-0.25, -0.2) is 9.78 Å². The first-order chi connectivity index (χ1) is 7.61. The number of nitrogens with zero attached hydrogens (tertiary/aromatic N) is 1. The number of H-pyrrole nitrogens is 1. The summed E-state index contributed by atoms with van der Waals surface area (Å²) in [6, 6.07) is 3.47. The summed E-state index contributed by atoms with van der Waals surface area (Å²) in [5.41, 5.74) is 1.61. The molecule has 1 aromatic carbocycles. The lowest BCUT2D eigenvalue weighted by Crippen LogP contribution is -2.05. The van der Waals surface area contributed by atoms with Gasteiger partial charge in [0.1, 0.15) is 5.52 Å². The highest BCUT2D eigenvalue weighted by atomic mass is 79.9. The molecule has 1 aromatic heterocycles. The van der Waals surface area contributed by atoms with Gasteiger partial charge in [0.25, 0.3) is 0 Å². The molecule has 0 amide bonds. The number of hydrogen-bond acceptors (Lipinski definition) is 3.